The molecule has 0 radical (unpaired) electrons. The lowest BCUT2D eigenvalue weighted by Gasteiger charge is -2.16. The highest BCUT2D eigenvalue weighted by molar-refractivity contribution is 8.00. The monoisotopic (exact) mass is 196 g/mol. The molecule has 0 aromatic heterocycles. The van der Waals surface area contributed by atoms with Crippen LogP contribution in [0.4, 0.5) is 0 Å². The normalized spacial score (nSPS) is 20.7. The van der Waals surface area contributed by atoms with E-state index >= 15 is 0 Å². The minimum atomic E-state index is 1.12. The molecular weight excluding hydrogens is 188 g/mol. The number of hydrogen-bond donors (Lipinski definition) is 2. The van der Waals surface area contributed by atoms with Gasteiger partial charge in [0.05, 0.1) is 11.4 Å². The molecular formula is C8H8N2S2. The second kappa shape index (κ2) is 3.78. The van der Waals surface area contributed by atoms with Crippen LogP contribution in [0.3, 0.4) is 0 Å². The van der Waals surface area contributed by atoms with Crippen molar-refractivity contribution >= 4 is 23.9 Å². The fraction of sp³-hybridized carbons (Fsp3) is 0. The van der Waals surface area contributed by atoms with Crippen LogP contribution in [0.1, 0.15) is 0 Å². The molecule has 0 aromatic rings. The highest BCUT2D eigenvalue weighted by Gasteiger charge is 2.06. The second-order valence-electron chi connectivity index (χ2n) is 2.26. The third kappa shape index (κ3) is 1.70. The number of rotatable bonds is 1. The maximum absolute atomic E-state index is 3.20. The molecule has 0 unspecified atom stereocenters. The molecule has 12 heavy (non-hydrogen) atoms. The van der Waals surface area contributed by atoms with Crippen LogP contribution in [0.2, 0.25) is 0 Å². The molecule has 2 rings (SSSR count). The van der Waals surface area contributed by atoms with Crippen molar-refractivity contribution in [2.75, 3.05) is 0 Å². The van der Waals surface area contributed by atoms with Crippen molar-refractivity contribution in [3.8, 4) is 0 Å². The van der Waals surface area contributed by atoms with Crippen LogP contribution < -0.4 is 9.44 Å². The summed E-state index contributed by atoms with van der Waals surface area (Å²) in [6.07, 6.45) is 8.16. The smallest absolute Gasteiger partial charge is 0.0686 e. The number of nitrogens with one attached hydrogen (secondary N) is 2. The van der Waals surface area contributed by atoms with E-state index in [1.54, 1.807) is 23.9 Å². The van der Waals surface area contributed by atoms with E-state index in [9.17, 15) is 0 Å². The highest BCUT2D eigenvalue weighted by atomic mass is 32.2. The van der Waals surface area contributed by atoms with Crippen molar-refractivity contribution in [3.63, 3.8) is 0 Å². The van der Waals surface area contributed by atoms with Gasteiger partial charge in [-0.2, -0.15) is 0 Å². The van der Waals surface area contributed by atoms with Gasteiger partial charge in [-0.15, -0.1) is 0 Å². The molecule has 62 valence electrons. The Labute approximate surface area is 80.1 Å². The lowest BCUT2D eigenvalue weighted by molar-refractivity contribution is 1.12. The third-order valence-corrected chi connectivity index (χ3v) is 2.71. The molecule has 0 bridgehead atoms. The van der Waals surface area contributed by atoms with Crippen molar-refractivity contribution in [2.24, 2.45) is 0 Å². The number of allylic oxidation sites excluding steroid dienone is 4. The zero-order valence-corrected chi connectivity index (χ0v) is 7.91. The minimum absolute atomic E-state index is 1.12. The van der Waals surface area contributed by atoms with Crippen molar-refractivity contribution in [1.29, 1.82) is 0 Å². The lowest BCUT2D eigenvalue weighted by atomic mass is 10.3. The van der Waals surface area contributed by atoms with Gasteiger partial charge in [0.1, 0.15) is 0 Å². The van der Waals surface area contributed by atoms with Gasteiger partial charge in [0.2, 0.25) is 0 Å². The fourth-order valence-electron chi connectivity index (χ4n) is 0.902. The first kappa shape index (κ1) is 7.89. The first-order chi connectivity index (χ1) is 5.97. The van der Waals surface area contributed by atoms with Gasteiger partial charge in [-0.05, 0) is 46.9 Å². The minimum Gasteiger partial charge on any atom is -0.324 e. The fourth-order valence-corrected chi connectivity index (χ4v) is 1.96. The Morgan fingerprint density at radius 3 is 1.67 bits per heavy atom. The highest BCUT2D eigenvalue weighted by Crippen LogP contribution is 2.18. The Bertz CT molecular complexity index is 259. The Kier molecular flexibility index (Phi) is 2.48. The summed E-state index contributed by atoms with van der Waals surface area (Å²) in [7, 11) is 0. The average Bonchev–Trinajstić information content (AvgIpc) is 2.21. The number of hydrogen-bond acceptors (Lipinski definition) is 4. The maximum Gasteiger partial charge on any atom is 0.0686 e. The Morgan fingerprint density at radius 1 is 0.833 bits per heavy atom. The summed E-state index contributed by atoms with van der Waals surface area (Å²) < 4.78 is 6.40. The first-order valence-electron chi connectivity index (χ1n) is 3.54. The third-order valence-electron chi connectivity index (χ3n) is 1.45. The largest absolute Gasteiger partial charge is 0.324 e. The summed E-state index contributed by atoms with van der Waals surface area (Å²) >= 11 is 3.17. The SMILES string of the molecule is C1=CSNC(C2=CC=CSN2)=C1. The summed E-state index contributed by atoms with van der Waals surface area (Å²) in [6, 6.07) is 0. The van der Waals surface area contributed by atoms with Gasteiger partial charge in [0.15, 0.2) is 0 Å². The maximum atomic E-state index is 3.20. The van der Waals surface area contributed by atoms with Crippen molar-refractivity contribution < 1.29 is 0 Å². The zero-order valence-electron chi connectivity index (χ0n) is 6.28. The van der Waals surface area contributed by atoms with Gasteiger partial charge in [0.25, 0.3) is 0 Å². The van der Waals surface area contributed by atoms with Crippen molar-refractivity contribution in [2.45, 2.75) is 0 Å². The molecule has 2 nitrogen and oxygen atoms in total. The molecule has 0 amide bonds. The van der Waals surface area contributed by atoms with E-state index in [1.807, 2.05) is 23.0 Å². The topological polar surface area (TPSA) is 24.1 Å². The van der Waals surface area contributed by atoms with E-state index in [2.05, 4.69) is 21.6 Å². The van der Waals surface area contributed by atoms with E-state index < -0.39 is 0 Å². The second-order valence-corrected chi connectivity index (χ2v) is 3.68. The molecule has 0 aromatic carbocycles. The molecule has 0 fully saturated rings. The van der Waals surface area contributed by atoms with E-state index in [0.29, 0.717) is 0 Å². The molecule has 2 N–H and O–H groups in total. The lowest BCUT2D eigenvalue weighted by Crippen LogP contribution is -2.15. The van der Waals surface area contributed by atoms with E-state index in [0.717, 1.165) is 11.4 Å². The summed E-state index contributed by atoms with van der Waals surface area (Å²) in [5, 5.41) is 4.02. The van der Waals surface area contributed by atoms with Gasteiger partial charge < -0.3 is 9.44 Å². The van der Waals surface area contributed by atoms with E-state index in [1.165, 1.54) is 0 Å². The molecule has 0 spiro atoms. The van der Waals surface area contributed by atoms with Gasteiger partial charge in [-0.1, -0.05) is 12.2 Å². The molecule has 2 aliphatic rings. The molecule has 2 heterocycles. The predicted octanol–water partition coefficient (Wildman–Crippen LogP) is 2.28. The summed E-state index contributed by atoms with van der Waals surface area (Å²) in [4.78, 5) is 0. The van der Waals surface area contributed by atoms with Crippen LogP contribution in [0.25, 0.3) is 0 Å². The van der Waals surface area contributed by atoms with E-state index in [-0.39, 0.29) is 0 Å². The van der Waals surface area contributed by atoms with Crippen LogP contribution in [-0.2, 0) is 0 Å². The zero-order chi connectivity index (χ0) is 8.23. The van der Waals surface area contributed by atoms with Gasteiger partial charge >= 0.3 is 0 Å². The summed E-state index contributed by atoms with van der Waals surface area (Å²) in [6.45, 7) is 0. The Hall–Kier alpha value is -0.740. The standard InChI is InChI=1S/C8H8N2S2/c1-3-7(9-11-5-1)8-4-2-6-12-10-8/h1-6,9-10H. The summed E-state index contributed by atoms with van der Waals surface area (Å²) in [5.74, 6) is 0. The predicted molar refractivity (Wildman–Crippen MR) is 55.9 cm³/mol. The molecule has 0 saturated carbocycles. The van der Waals surface area contributed by atoms with E-state index in [4.69, 9.17) is 0 Å². The molecule has 0 saturated heterocycles. The van der Waals surface area contributed by atoms with Crippen LogP contribution in [-0.4, -0.2) is 0 Å². The van der Waals surface area contributed by atoms with Crippen LogP contribution in [0, 0.1) is 0 Å². The molecule has 4 heteroatoms. The quantitative estimate of drug-likeness (QED) is 0.628. The summed E-state index contributed by atoms with van der Waals surface area (Å²) in [5.41, 5.74) is 2.25. The molecule has 0 aliphatic carbocycles. The molecule has 0 atom stereocenters. The van der Waals surface area contributed by atoms with Gasteiger partial charge in [-0.25, -0.2) is 0 Å². The molecule has 2 aliphatic heterocycles. The Morgan fingerprint density at radius 2 is 1.33 bits per heavy atom. The van der Waals surface area contributed by atoms with Crippen molar-refractivity contribution in [1.82, 2.24) is 9.44 Å². The first-order valence-corrected chi connectivity index (χ1v) is 5.30. The van der Waals surface area contributed by atoms with Crippen molar-refractivity contribution in [3.05, 3.63) is 46.5 Å². The van der Waals surface area contributed by atoms with Gasteiger partial charge in [-0.3, -0.25) is 0 Å². The van der Waals surface area contributed by atoms with Gasteiger partial charge in [0, 0.05) is 0 Å². The Balaban J connectivity index is 2.17. The van der Waals surface area contributed by atoms with Crippen LogP contribution >= 0.6 is 23.9 Å². The van der Waals surface area contributed by atoms with Crippen LogP contribution in [0.15, 0.2) is 46.5 Å². The average molecular weight is 196 g/mol. The van der Waals surface area contributed by atoms with Crippen LogP contribution in [0.5, 0.6) is 0 Å².